The van der Waals surface area contributed by atoms with E-state index in [-0.39, 0.29) is 17.1 Å². The summed E-state index contributed by atoms with van der Waals surface area (Å²) in [5.41, 5.74) is 0. The van der Waals surface area contributed by atoms with Gasteiger partial charge in [-0.05, 0) is 6.42 Å². The van der Waals surface area contributed by atoms with Crippen LogP contribution in [0.15, 0.2) is 0 Å². The van der Waals surface area contributed by atoms with E-state index in [4.69, 9.17) is 0 Å². The zero-order chi connectivity index (χ0) is 7.82. The van der Waals surface area contributed by atoms with Crippen molar-refractivity contribution in [3.05, 3.63) is 0 Å². The molecule has 11 heavy (non-hydrogen) atoms. The monoisotopic (exact) mass is 228 g/mol. The van der Waals surface area contributed by atoms with Crippen molar-refractivity contribution in [1.82, 2.24) is 0 Å². The molecule has 0 saturated carbocycles. The van der Waals surface area contributed by atoms with E-state index in [2.05, 4.69) is 11.4 Å². The van der Waals surface area contributed by atoms with E-state index in [0.717, 1.165) is 25.7 Å². The van der Waals surface area contributed by atoms with Gasteiger partial charge in [0.15, 0.2) is 0 Å². The van der Waals surface area contributed by atoms with Crippen LogP contribution in [0.4, 0.5) is 0 Å². The van der Waals surface area contributed by atoms with E-state index < -0.39 is 8.25 Å². The molecular weight excluding hydrogens is 215 g/mol. The van der Waals surface area contributed by atoms with Crippen molar-refractivity contribution in [3.63, 3.8) is 0 Å². The first-order valence-electron chi connectivity index (χ1n) is 3.61. The summed E-state index contributed by atoms with van der Waals surface area (Å²) in [5, 5.41) is 0. The predicted molar refractivity (Wildman–Crippen MR) is 39.1 cm³/mol. The third kappa shape index (κ3) is 13.6. The second-order valence-electron chi connectivity index (χ2n) is 2.16. The summed E-state index contributed by atoms with van der Waals surface area (Å²) >= 11 is 0. The molecule has 0 aromatic heterocycles. The molecule has 0 fully saturated rings. The van der Waals surface area contributed by atoms with E-state index in [1.54, 1.807) is 0 Å². The Morgan fingerprint density at radius 1 is 1.36 bits per heavy atom. The summed E-state index contributed by atoms with van der Waals surface area (Å²) in [6.45, 7) is 2.47. The molecule has 1 unspecified atom stereocenters. The fraction of sp³-hybridized carbons (Fsp3) is 1.00. The first-order valence-corrected chi connectivity index (χ1v) is 4.83. The van der Waals surface area contributed by atoms with Gasteiger partial charge in [-0.3, -0.25) is 0 Å². The Labute approximate surface area is 78.9 Å². The van der Waals surface area contributed by atoms with Gasteiger partial charge in [-0.15, -0.1) is 0 Å². The van der Waals surface area contributed by atoms with Crippen molar-refractivity contribution in [3.8, 4) is 0 Å². The number of hydrogen-bond donors (Lipinski definition) is 0. The molecule has 0 aromatic carbocycles. The Kier molecular flexibility index (Phi) is 13.8. The Morgan fingerprint density at radius 3 is 2.45 bits per heavy atom. The van der Waals surface area contributed by atoms with Crippen LogP contribution < -0.4 is 4.89 Å². The van der Waals surface area contributed by atoms with Crippen LogP contribution in [0.25, 0.3) is 0 Å². The molecule has 0 spiro atoms. The molecule has 72 valence electrons. The molecule has 0 heterocycles. The Bertz CT molecular complexity index is 99.8. The zero-order valence-corrected chi connectivity index (χ0v) is 8.50. The molecule has 0 radical (unpaired) electrons. The van der Waals surface area contributed by atoms with E-state index in [1.165, 1.54) is 0 Å². The molecule has 0 N–H and O–H groups in total. The van der Waals surface area contributed by atoms with E-state index in [0.29, 0.717) is 6.61 Å². The van der Waals surface area contributed by atoms with Crippen molar-refractivity contribution < 1.29 is 31.1 Å². The average Bonchev–Trinajstić information content (AvgIpc) is 1.87. The molecule has 0 aliphatic rings. The first kappa shape index (κ1) is 14.2. The normalized spacial score (nSPS) is 12.2. The average molecular weight is 229 g/mol. The van der Waals surface area contributed by atoms with Crippen LogP contribution in [0.3, 0.4) is 0 Å². The maximum atomic E-state index is 9.88. The summed E-state index contributed by atoms with van der Waals surface area (Å²) in [4.78, 5) is 9.88. The molecule has 0 aliphatic carbocycles. The largest absolute Gasteiger partial charge is 1.00 e. The van der Waals surface area contributed by atoms with Crippen LogP contribution in [-0.2, 0) is 26.2 Å². The smallest absolute Gasteiger partial charge is 0.781 e. The van der Waals surface area contributed by atoms with Gasteiger partial charge in [0.05, 0.1) is 6.61 Å². The van der Waals surface area contributed by atoms with Crippen molar-refractivity contribution in [1.29, 1.82) is 0 Å². The minimum atomic E-state index is -2.92. The molecule has 0 rings (SSSR count). The molecule has 1 atom stereocenters. The van der Waals surface area contributed by atoms with Crippen LogP contribution in [0.5, 0.6) is 0 Å². The van der Waals surface area contributed by atoms with Gasteiger partial charge in [-0.25, -0.2) is 0 Å². The summed E-state index contributed by atoms with van der Waals surface area (Å²) < 4.78 is 14.3. The van der Waals surface area contributed by atoms with E-state index in [1.807, 2.05) is 0 Å². The Balaban J connectivity index is 0. The van der Waals surface area contributed by atoms with Gasteiger partial charge in [0.2, 0.25) is 0 Å². The molecule has 0 amide bonds. The Morgan fingerprint density at radius 2 is 2.00 bits per heavy atom. The second kappa shape index (κ2) is 10.7. The summed E-state index contributed by atoms with van der Waals surface area (Å²) in [6, 6.07) is 0. The number of rotatable bonds is 6. The second-order valence-corrected chi connectivity index (χ2v) is 2.95. The van der Waals surface area contributed by atoms with Gasteiger partial charge in [0.25, 0.3) is 0 Å². The first-order chi connectivity index (χ1) is 4.77. The molecule has 5 heteroatoms. The van der Waals surface area contributed by atoms with Crippen LogP contribution in [-0.4, -0.2) is 6.61 Å². The van der Waals surface area contributed by atoms with Crippen molar-refractivity contribution in [2.75, 3.05) is 6.61 Å². The zero-order valence-electron chi connectivity index (χ0n) is 6.56. The van der Waals surface area contributed by atoms with Gasteiger partial charge in [-0.1, -0.05) is 26.2 Å². The maximum absolute atomic E-state index is 9.88. The molecule has 0 bridgehead atoms. The summed E-state index contributed by atoms with van der Waals surface area (Å²) in [6.07, 6.45) is 4.23. The third-order valence-electron chi connectivity index (χ3n) is 1.22. The van der Waals surface area contributed by atoms with Gasteiger partial charge in [-0.2, -0.15) is 0 Å². The van der Waals surface area contributed by atoms with E-state index >= 15 is 0 Å². The van der Waals surface area contributed by atoms with Crippen LogP contribution >= 0.6 is 8.25 Å². The van der Waals surface area contributed by atoms with Crippen LogP contribution in [0.1, 0.15) is 32.6 Å². The minimum absolute atomic E-state index is 0. The molecule has 0 aromatic rings. The topological polar surface area (TPSA) is 49.4 Å². The number of hydrogen-bond acceptors (Lipinski definition) is 3. The van der Waals surface area contributed by atoms with Crippen LogP contribution in [0.2, 0.25) is 0 Å². The van der Waals surface area contributed by atoms with Gasteiger partial charge in [0, 0.05) is 0 Å². The third-order valence-corrected chi connectivity index (χ3v) is 1.66. The fourth-order valence-corrected chi connectivity index (χ4v) is 0.995. The van der Waals surface area contributed by atoms with Crippen molar-refractivity contribution in [2.24, 2.45) is 0 Å². The molecule has 0 saturated heterocycles. The quantitative estimate of drug-likeness (QED) is 0.392. The number of unbranched alkanes of at least 4 members (excludes halogenated alkanes) is 3. The molecular formula is C6H14CuO3P. The maximum Gasteiger partial charge on any atom is 1.00 e. The predicted octanol–water partition coefficient (Wildman–Crippen LogP) is 1.33. The van der Waals surface area contributed by atoms with Crippen molar-refractivity contribution >= 4 is 8.25 Å². The van der Waals surface area contributed by atoms with Crippen molar-refractivity contribution in [2.45, 2.75) is 32.6 Å². The molecule has 3 nitrogen and oxygen atoms in total. The standard InChI is InChI=1S/C6H15O3P.Cu/c1-2-3-4-5-6-9-10(7)8;/h10H,2-6H2,1H3,(H,7,8);/q;+1/p-1. The van der Waals surface area contributed by atoms with Crippen LogP contribution in [0, 0.1) is 0 Å². The van der Waals surface area contributed by atoms with Gasteiger partial charge < -0.3 is 14.0 Å². The fourth-order valence-electron chi connectivity index (χ4n) is 0.684. The van der Waals surface area contributed by atoms with E-state index in [9.17, 15) is 9.46 Å². The Hall–Kier alpha value is 0.669. The summed E-state index contributed by atoms with van der Waals surface area (Å²) in [5.74, 6) is 0. The van der Waals surface area contributed by atoms with Gasteiger partial charge >= 0.3 is 17.1 Å². The summed E-state index contributed by atoms with van der Waals surface area (Å²) in [7, 11) is -2.92. The minimum Gasteiger partial charge on any atom is -0.781 e. The SMILES string of the molecule is CCCCCCO[PH](=O)[O-].[Cu+]. The van der Waals surface area contributed by atoms with Gasteiger partial charge in [0.1, 0.15) is 8.25 Å². The molecule has 0 aliphatic heterocycles.